The Bertz CT molecular complexity index is 914. The van der Waals surface area contributed by atoms with Crippen molar-refractivity contribution in [3.63, 3.8) is 0 Å². The third kappa shape index (κ3) is 8.77. The molecule has 1 aliphatic carbocycles. The van der Waals surface area contributed by atoms with Crippen LogP contribution in [0.3, 0.4) is 0 Å². The number of carbonyl (C=O) groups is 1. The number of unbranched alkanes of at least 4 members (excludes halogenated alkanes) is 1. The van der Waals surface area contributed by atoms with Gasteiger partial charge in [0.05, 0.1) is 25.1 Å². The first kappa shape index (κ1) is 32.6. The Morgan fingerprint density at radius 3 is 2.52 bits per heavy atom. The van der Waals surface area contributed by atoms with E-state index < -0.39 is 61.0 Å². The highest BCUT2D eigenvalue weighted by Crippen LogP contribution is 2.29. The molecule has 1 aliphatic heterocycles. The van der Waals surface area contributed by atoms with E-state index in [0.717, 1.165) is 24.9 Å². The number of aliphatic hydroxyl groups excluding tert-OH is 3. The van der Waals surface area contributed by atoms with E-state index in [2.05, 4.69) is 10.6 Å². The number of carbonyl (C=O) groups excluding carboxylic acids is 1. The zero-order chi connectivity index (χ0) is 29.2. The monoisotopic (exact) mass is 569 g/mol. The molecule has 1 heterocycles. The van der Waals surface area contributed by atoms with Crippen molar-refractivity contribution in [1.82, 2.24) is 10.6 Å². The number of hydrogen-bond donors (Lipinski definition) is 10. The van der Waals surface area contributed by atoms with Gasteiger partial charge in [-0.1, -0.05) is 12.1 Å². The van der Waals surface area contributed by atoms with Crippen LogP contribution in [0.15, 0.2) is 24.3 Å². The van der Waals surface area contributed by atoms with Crippen molar-refractivity contribution in [2.24, 2.45) is 22.9 Å². The van der Waals surface area contributed by atoms with Crippen molar-refractivity contribution in [1.29, 1.82) is 0 Å². The zero-order valence-corrected chi connectivity index (χ0v) is 22.8. The summed E-state index contributed by atoms with van der Waals surface area (Å²) in [4.78, 5) is 12.9. The lowest BCUT2D eigenvalue weighted by Crippen LogP contribution is -2.68. The minimum Gasteiger partial charge on any atom is -0.399 e. The largest absolute Gasteiger partial charge is 0.399 e. The van der Waals surface area contributed by atoms with Gasteiger partial charge in [0.15, 0.2) is 6.29 Å². The number of nitrogens with two attached hydrogens (primary N) is 5. The predicted octanol–water partition coefficient (Wildman–Crippen LogP) is -3.78. The van der Waals surface area contributed by atoms with Crippen LogP contribution in [-0.4, -0.2) is 115 Å². The van der Waals surface area contributed by atoms with Gasteiger partial charge in [0, 0.05) is 24.8 Å². The Morgan fingerprint density at radius 1 is 1.05 bits per heavy atom. The molecule has 40 heavy (non-hydrogen) atoms. The van der Waals surface area contributed by atoms with Crippen LogP contribution >= 0.6 is 0 Å². The molecule has 4 unspecified atom stereocenters. The number of benzene rings is 1. The SMILES string of the molecule is NCCCCNCCOC1[C@@H](O)[C@H](O[C@H]2OC(CN)[C@@H](O)[C@H](O)C2N)C(N)C[C@H]1NC(=O)Cc1cccc(N)c1. The molecule has 1 saturated heterocycles. The van der Waals surface area contributed by atoms with E-state index in [9.17, 15) is 20.1 Å². The molecule has 2 fully saturated rings. The highest BCUT2D eigenvalue weighted by Gasteiger charge is 2.49. The Hall–Kier alpha value is -1.95. The molecule has 0 spiro atoms. The standard InChI is InChI=1S/C26H47N7O7/c27-6-1-2-7-32-8-9-38-25-17(33-19(34)11-14-4-3-5-15(29)10-14)12-16(30)24(23(25)37)40-26-20(31)22(36)21(35)18(13-28)39-26/h3-5,10,16-18,20-26,32,35-37H,1-2,6-9,11-13,27-31H2,(H,33,34)/t16?,17-,18?,20?,21-,22-,23+,24-,25?,26-/m1/s1. The van der Waals surface area contributed by atoms with Gasteiger partial charge in [-0.15, -0.1) is 0 Å². The number of rotatable bonds is 14. The van der Waals surface area contributed by atoms with Crippen LogP contribution in [0.25, 0.3) is 0 Å². The molecule has 1 saturated carbocycles. The number of aliphatic hydroxyl groups is 3. The van der Waals surface area contributed by atoms with Crippen molar-refractivity contribution in [3.8, 4) is 0 Å². The number of anilines is 1. The first-order valence-electron chi connectivity index (χ1n) is 13.9. The molecule has 14 heteroatoms. The summed E-state index contributed by atoms with van der Waals surface area (Å²) >= 11 is 0. The zero-order valence-electron chi connectivity index (χ0n) is 22.8. The van der Waals surface area contributed by atoms with E-state index in [1.54, 1.807) is 24.3 Å². The molecule has 1 aromatic rings. The molecular weight excluding hydrogens is 522 g/mol. The molecule has 0 radical (unpaired) electrons. The van der Waals surface area contributed by atoms with E-state index in [1.165, 1.54) is 0 Å². The summed E-state index contributed by atoms with van der Waals surface area (Å²) in [7, 11) is 0. The maximum Gasteiger partial charge on any atom is 0.224 e. The molecular formula is C26H47N7O7. The summed E-state index contributed by atoms with van der Waals surface area (Å²) in [6.07, 6.45) is -5.68. The molecule has 10 atom stereocenters. The van der Waals surface area contributed by atoms with Crippen molar-refractivity contribution in [2.75, 3.05) is 38.5 Å². The highest BCUT2D eigenvalue weighted by atomic mass is 16.7. The quantitative estimate of drug-likeness (QED) is 0.0763. The molecule has 1 aromatic carbocycles. The van der Waals surface area contributed by atoms with Gasteiger partial charge < -0.3 is 68.8 Å². The molecule has 228 valence electrons. The lowest BCUT2D eigenvalue weighted by Gasteiger charge is -2.47. The topological polar surface area (TPSA) is 260 Å². The fourth-order valence-corrected chi connectivity index (χ4v) is 5.13. The van der Waals surface area contributed by atoms with Crippen LogP contribution in [0.2, 0.25) is 0 Å². The number of nitrogen functional groups attached to an aromatic ring is 1. The summed E-state index contributed by atoms with van der Waals surface area (Å²) in [6.45, 7) is 2.11. The minimum absolute atomic E-state index is 0.0741. The molecule has 3 rings (SSSR count). The summed E-state index contributed by atoms with van der Waals surface area (Å²) in [5.74, 6) is -0.275. The normalized spacial score (nSPS) is 34.5. The van der Waals surface area contributed by atoms with E-state index in [4.69, 9.17) is 42.9 Å². The predicted molar refractivity (Wildman–Crippen MR) is 149 cm³/mol. The van der Waals surface area contributed by atoms with Crippen LogP contribution in [0.4, 0.5) is 5.69 Å². The van der Waals surface area contributed by atoms with Crippen molar-refractivity contribution < 1.29 is 34.3 Å². The highest BCUT2D eigenvalue weighted by molar-refractivity contribution is 5.79. The van der Waals surface area contributed by atoms with Crippen LogP contribution in [0.1, 0.15) is 24.8 Å². The van der Waals surface area contributed by atoms with E-state index >= 15 is 0 Å². The number of nitrogens with one attached hydrogen (secondary N) is 2. The second-order valence-corrected chi connectivity index (χ2v) is 10.5. The van der Waals surface area contributed by atoms with Gasteiger partial charge in [0.25, 0.3) is 0 Å². The third-order valence-electron chi connectivity index (χ3n) is 7.35. The lowest BCUT2D eigenvalue weighted by molar-refractivity contribution is -0.289. The number of amides is 1. The first-order valence-corrected chi connectivity index (χ1v) is 13.9. The third-order valence-corrected chi connectivity index (χ3v) is 7.35. The van der Waals surface area contributed by atoms with Crippen molar-refractivity contribution in [3.05, 3.63) is 29.8 Å². The summed E-state index contributed by atoms with van der Waals surface area (Å²) in [6, 6.07) is 4.59. The average molecular weight is 570 g/mol. The maximum atomic E-state index is 12.9. The van der Waals surface area contributed by atoms with Crippen molar-refractivity contribution in [2.45, 2.75) is 86.7 Å². The first-order chi connectivity index (χ1) is 19.2. The van der Waals surface area contributed by atoms with E-state index in [0.29, 0.717) is 18.8 Å². The van der Waals surface area contributed by atoms with E-state index in [1.807, 2.05) is 0 Å². The van der Waals surface area contributed by atoms with Gasteiger partial charge in [0.2, 0.25) is 5.91 Å². The van der Waals surface area contributed by atoms with Crippen molar-refractivity contribution >= 4 is 11.6 Å². The van der Waals surface area contributed by atoms with Crippen LogP contribution < -0.4 is 39.3 Å². The van der Waals surface area contributed by atoms with Crippen LogP contribution in [0.5, 0.6) is 0 Å². The molecule has 14 nitrogen and oxygen atoms in total. The number of ether oxygens (including phenoxy) is 3. The van der Waals surface area contributed by atoms with Gasteiger partial charge in [0.1, 0.15) is 36.6 Å². The summed E-state index contributed by atoms with van der Waals surface area (Å²) < 4.78 is 17.8. The lowest BCUT2D eigenvalue weighted by atomic mass is 9.83. The smallest absolute Gasteiger partial charge is 0.224 e. The van der Waals surface area contributed by atoms with Gasteiger partial charge in [-0.25, -0.2) is 0 Å². The Balaban J connectivity index is 1.68. The maximum absolute atomic E-state index is 12.9. The van der Waals surface area contributed by atoms with Gasteiger partial charge in [-0.05, 0) is 50.0 Å². The van der Waals surface area contributed by atoms with E-state index in [-0.39, 0.29) is 31.9 Å². The van der Waals surface area contributed by atoms with Crippen LogP contribution in [0, 0.1) is 0 Å². The second-order valence-electron chi connectivity index (χ2n) is 10.5. The van der Waals surface area contributed by atoms with Gasteiger partial charge in [-0.3, -0.25) is 4.79 Å². The minimum atomic E-state index is -1.35. The fourth-order valence-electron chi connectivity index (χ4n) is 5.13. The number of hydrogen-bond acceptors (Lipinski definition) is 13. The average Bonchev–Trinajstić information content (AvgIpc) is 2.91. The molecule has 15 N–H and O–H groups in total. The van der Waals surface area contributed by atoms with Gasteiger partial charge in [-0.2, -0.15) is 0 Å². The molecule has 1 amide bonds. The Kier molecular flexibility index (Phi) is 12.9. The van der Waals surface area contributed by atoms with Gasteiger partial charge >= 0.3 is 0 Å². The molecule has 0 aromatic heterocycles. The van der Waals surface area contributed by atoms with Crippen LogP contribution in [-0.2, 0) is 25.4 Å². The molecule has 2 aliphatic rings. The second kappa shape index (κ2) is 15.9. The summed E-state index contributed by atoms with van der Waals surface area (Å²) in [5, 5.41) is 38.1. The Morgan fingerprint density at radius 2 is 1.82 bits per heavy atom. The summed E-state index contributed by atoms with van der Waals surface area (Å²) in [5.41, 5.74) is 30.8. The molecule has 0 bridgehead atoms. The fraction of sp³-hybridized carbons (Fsp3) is 0.731. The Labute approximate surface area is 234 Å².